The highest BCUT2D eigenvalue weighted by Crippen LogP contribution is 2.37. The van der Waals surface area contributed by atoms with E-state index < -0.39 is 0 Å². The van der Waals surface area contributed by atoms with Gasteiger partial charge in [-0.3, -0.25) is 0 Å². The summed E-state index contributed by atoms with van der Waals surface area (Å²) in [7, 11) is 0. The molecule has 0 aromatic carbocycles. The number of furan rings is 1. The van der Waals surface area contributed by atoms with Gasteiger partial charge in [-0.05, 0) is 46.2 Å². The topological polar surface area (TPSA) is 34.4 Å². The highest BCUT2D eigenvalue weighted by atomic mass is 16.5. The van der Waals surface area contributed by atoms with E-state index in [1.54, 1.807) is 6.26 Å². The van der Waals surface area contributed by atoms with Gasteiger partial charge in [-0.2, -0.15) is 0 Å². The number of hydrogen-bond acceptors (Lipinski definition) is 3. The normalized spacial score (nSPS) is 27.1. The fourth-order valence-corrected chi connectivity index (χ4v) is 2.52. The molecule has 0 amide bonds. The minimum atomic E-state index is -0.115. The lowest BCUT2D eigenvalue weighted by Crippen LogP contribution is -2.42. The van der Waals surface area contributed by atoms with Crippen LogP contribution in [-0.2, 0) is 11.3 Å². The van der Waals surface area contributed by atoms with Crippen LogP contribution in [0.15, 0.2) is 22.8 Å². The highest BCUT2D eigenvalue weighted by molar-refractivity contribution is 5.02. The SMILES string of the molecule is CC1(C)CC(NCc2ccco2)C(C)(C)O1. The van der Waals surface area contributed by atoms with E-state index in [1.165, 1.54) is 0 Å². The zero-order chi connectivity index (χ0) is 11.8. The Labute approximate surface area is 97.2 Å². The maximum atomic E-state index is 6.03. The van der Waals surface area contributed by atoms with Gasteiger partial charge in [0, 0.05) is 6.04 Å². The van der Waals surface area contributed by atoms with Crippen LogP contribution in [0.5, 0.6) is 0 Å². The summed E-state index contributed by atoms with van der Waals surface area (Å²) in [6.45, 7) is 9.33. The minimum absolute atomic E-state index is 0.0374. The molecule has 0 saturated carbocycles. The van der Waals surface area contributed by atoms with Crippen LogP contribution in [0.4, 0.5) is 0 Å². The molecule has 1 aliphatic heterocycles. The van der Waals surface area contributed by atoms with Crippen molar-refractivity contribution >= 4 is 0 Å². The molecule has 1 aromatic rings. The number of hydrogen-bond donors (Lipinski definition) is 1. The predicted octanol–water partition coefficient (Wildman–Crippen LogP) is 2.72. The molecule has 90 valence electrons. The van der Waals surface area contributed by atoms with Crippen molar-refractivity contribution in [3.63, 3.8) is 0 Å². The number of ether oxygens (including phenoxy) is 1. The average Bonchev–Trinajstić information content (AvgIpc) is 2.67. The Morgan fingerprint density at radius 2 is 2.12 bits per heavy atom. The molecule has 2 rings (SSSR count). The van der Waals surface area contributed by atoms with Crippen molar-refractivity contribution < 1.29 is 9.15 Å². The molecule has 0 radical (unpaired) electrons. The van der Waals surface area contributed by atoms with Gasteiger partial charge in [-0.25, -0.2) is 0 Å². The molecule has 0 bridgehead atoms. The number of rotatable bonds is 3. The Morgan fingerprint density at radius 1 is 1.38 bits per heavy atom. The van der Waals surface area contributed by atoms with Gasteiger partial charge in [-0.15, -0.1) is 0 Å². The first-order valence-electron chi connectivity index (χ1n) is 5.85. The summed E-state index contributed by atoms with van der Waals surface area (Å²) in [4.78, 5) is 0. The standard InChI is InChI=1S/C13H21NO2/c1-12(2)8-11(13(3,4)16-12)14-9-10-6-5-7-15-10/h5-7,11,14H,8-9H2,1-4H3. The van der Waals surface area contributed by atoms with E-state index in [9.17, 15) is 0 Å². The first kappa shape index (κ1) is 11.7. The van der Waals surface area contributed by atoms with Crippen molar-refractivity contribution in [2.24, 2.45) is 0 Å². The lowest BCUT2D eigenvalue weighted by molar-refractivity contribution is -0.0699. The largest absolute Gasteiger partial charge is 0.468 e. The zero-order valence-corrected chi connectivity index (χ0v) is 10.5. The molecule has 1 saturated heterocycles. The third-order valence-corrected chi connectivity index (χ3v) is 3.18. The van der Waals surface area contributed by atoms with Gasteiger partial charge in [-0.1, -0.05) is 0 Å². The summed E-state index contributed by atoms with van der Waals surface area (Å²) in [6, 6.07) is 4.27. The fraction of sp³-hybridized carbons (Fsp3) is 0.692. The molecule has 3 heteroatoms. The van der Waals surface area contributed by atoms with E-state index in [1.807, 2.05) is 12.1 Å². The second kappa shape index (κ2) is 3.90. The molecule has 3 nitrogen and oxygen atoms in total. The molecule has 1 N–H and O–H groups in total. The first-order valence-corrected chi connectivity index (χ1v) is 5.85. The molecule has 1 unspecified atom stereocenters. The molecule has 1 aromatic heterocycles. The molecule has 0 spiro atoms. The molecule has 1 aliphatic rings. The Kier molecular flexibility index (Phi) is 2.84. The van der Waals surface area contributed by atoms with E-state index in [0.29, 0.717) is 6.04 Å². The first-order chi connectivity index (χ1) is 7.39. The second-order valence-electron chi connectivity index (χ2n) is 5.68. The quantitative estimate of drug-likeness (QED) is 0.855. The summed E-state index contributed by atoms with van der Waals surface area (Å²) in [6.07, 6.45) is 2.73. The fourth-order valence-electron chi connectivity index (χ4n) is 2.52. The van der Waals surface area contributed by atoms with Gasteiger partial charge in [0.25, 0.3) is 0 Å². The van der Waals surface area contributed by atoms with Gasteiger partial charge < -0.3 is 14.5 Å². The van der Waals surface area contributed by atoms with E-state index in [2.05, 4.69) is 33.0 Å². The van der Waals surface area contributed by atoms with E-state index in [0.717, 1.165) is 18.7 Å². The van der Waals surface area contributed by atoms with Crippen molar-refractivity contribution in [3.8, 4) is 0 Å². The van der Waals surface area contributed by atoms with Gasteiger partial charge in [0.05, 0.1) is 24.0 Å². The number of nitrogens with one attached hydrogen (secondary N) is 1. The Hall–Kier alpha value is -0.800. The minimum Gasteiger partial charge on any atom is -0.468 e. The van der Waals surface area contributed by atoms with Crippen LogP contribution in [0.2, 0.25) is 0 Å². The van der Waals surface area contributed by atoms with Crippen LogP contribution in [0.25, 0.3) is 0 Å². The van der Waals surface area contributed by atoms with Gasteiger partial charge in [0.1, 0.15) is 5.76 Å². The summed E-state index contributed by atoms with van der Waals surface area (Å²) < 4.78 is 11.3. The maximum absolute atomic E-state index is 6.03. The molecule has 16 heavy (non-hydrogen) atoms. The summed E-state index contributed by atoms with van der Waals surface area (Å²) >= 11 is 0. The van der Waals surface area contributed by atoms with Crippen LogP contribution in [-0.4, -0.2) is 17.2 Å². The summed E-state index contributed by atoms with van der Waals surface area (Å²) in [5, 5.41) is 3.51. The lowest BCUT2D eigenvalue weighted by Gasteiger charge is -2.27. The lowest BCUT2D eigenvalue weighted by atomic mass is 9.94. The van der Waals surface area contributed by atoms with Crippen LogP contribution in [0, 0.1) is 0 Å². The van der Waals surface area contributed by atoms with Gasteiger partial charge >= 0.3 is 0 Å². The molecular weight excluding hydrogens is 202 g/mol. The van der Waals surface area contributed by atoms with Crippen molar-refractivity contribution in [2.75, 3.05) is 0 Å². The Morgan fingerprint density at radius 3 is 2.62 bits per heavy atom. The average molecular weight is 223 g/mol. The van der Waals surface area contributed by atoms with Gasteiger partial charge in [0.2, 0.25) is 0 Å². The van der Waals surface area contributed by atoms with E-state index in [4.69, 9.17) is 9.15 Å². The van der Waals surface area contributed by atoms with Crippen LogP contribution in [0.3, 0.4) is 0 Å². The second-order valence-corrected chi connectivity index (χ2v) is 5.68. The van der Waals surface area contributed by atoms with Crippen molar-refractivity contribution in [1.29, 1.82) is 0 Å². The maximum Gasteiger partial charge on any atom is 0.117 e. The van der Waals surface area contributed by atoms with Crippen LogP contribution >= 0.6 is 0 Å². The monoisotopic (exact) mass is 223 g/mol. The Balaban J connectivity index is 1.95. The molecule has 0 aliphatic carbocycles. The van der Waals surface area contributed by atoms with Crippen molar-refractivity contribution in [3.05, 3.63) is 24.2 Å². The third kappa shape index (κ3) is 2.47. The molecule has 1 fully saturated rings. The Bertz CT molecular complexity index is 341. The van der Waals surface area contributed by atoms with Gasteiger partial charge in [0.15, 0.2) is 0 Å². The van der Waals surface area contributed by atoms with Crippen molar-refractivity contribution in [1.82, 2.24) is 5.32 Å². The molecular formula is C13H21NO2. The predicted molar refractivity (Wildman–Crippen MR) is 63.2 cm³/mol. The smallest absolute Gasteiger partial charge is 0.117 e. The molecule has 1 atom stereocenters. The molecule has 2 heterocycles. The van der Waals surface area contributed by atoms with E-state index in [-0.39, 0.29) is 11.2 Å². The summed E-state index contributed by atoms with van der Waals surface area (Å²) in [5.41, 5.74) is -0.152. The summed E-state index contributed by atoms with van der Waals surface area (Å²) in [5.74, 6) is 0.973. The van der Waals surface area contributed by atoms with Crippen LogP contribution < -0.4 is 5.32 Å². The zero-order valence-electron chi connectivity index (χ0n) is 10.5. The highest BCUT2D eigenvalue weighted by Gasteiger charge is 2.45. The van der Waals surface area contributed by atoms with Crippen LogP contribution in [0.1, 0.15) is 39.9 Å². The van der Waals surface area contributed by atoms with Crippen molar-refractivity contribution in [2.45, 2.75) is 57.9 Å². The third-order valence-electron chi connectivity index (χ3n) is 3.18. The van der Waals surface area contributed by atoms with E-state index >= 15 is 0 Å².